The first-order chi connectivity index (χ1) is 15.5. The van der Waals surface area contributed by atoms with E-state index in [9.17, 15) is 9.50 Å². The summed E-state index contributed by atoms with van der Waals surface area (Å²) in [5, 5.41) is 14.3. The number of pyridine rings is 1. The minimum absolute atomic E-state index is 0.108. The molecule has 160 valence electrons. The van der Waals surface area contributed by atoms with E-state index in [1.165, 1.54) is 12.1 Å². The monoisotopic (exact) mass is 509 g/mol. The smallest absolute Gasteiger partial charge is 0.174 e. The zero-order valence-corrected chi connectivity index (χ0v) is 19.0. The van der Waals surface area contributed by atoms with Gasteiger partial charge in [0.15, 0.2) is 5.11 Å². The second kappa shape index (κ2) is 8.37. The van der Waals surface area contributed by atoms with Crippen LogP contribution in [0.4, 0.5) is 10.1 Å². The number of halogens is 2. The van der Waals surface area contributed by atoms with Crippen molar-refractivity contribution in [2.75, 3.05) is 4.90 Å². The van der Waals surface area contributed by atoms with Crippen LogP contribution in [-0.4, -0.2) is 15.2 Å². The summed E-state index contributed by atoms with van der Waals surface area (Å²) in [6.45, 7) is 0. The highest BCUT2D eigenvalue weighted by Gasteiger charge is 2.43. The Balaban J connectivity index is 1.62. The van der Waals surface area contributed by atoms with Crippen molar-refractivity contribution >= 4 is 38.9 Å². The molecule has 2 N–H and O–H groups in total. The number of furan rings is 1. The summed E-state index contributed by atoms with van der Waals surface area (Å²) in [5.74, 6) is 0.985. The number of nitrogens with zero attached hydrogens (tertiary/aromatic N) is 2. The highest BCUT2D eigenvalue weighted by molar-refractivity contribution is 9.10. The molecule has 3 heterocycles. The maximum absolute atomic E-state index is 13.6. The molecule has 1 fully saturated rings. The number of para-hydroxylation sites is 2. The van der Waals surface area contributed by atoms with Gasteiger partial charge in [-0.15, -0.1) is 0 Å². The van der Waals surface area contributed by atoms with Gasteiger partial charge in [0.2, 0.25) is 0 Å². The molecule has 0 saturated carbocycles. The van der Waals surface area contributed by atoms with E-state index in [4.69, 9.17) is 16.6 Å². The molecule has 2 atom stereocenters. The minimum Gasteiger partial charge on any atom is -0.506 e. The van der Waals surface area contributed by atoms with E-state index >= 15 is 0 Å². The average Bonchev–Trinajstić information content (AvgIpc) is 3.39. The average molecular weight is 510 g/mol. The molecule has 0 radical (unpaired) electrons. The predicted molar refractivity (Wildman–Crippen MR) is 128 cm³/mol. The Morgan fingerprint density at radius 3 is 2.62 bits per heavy atom. The number of nitrogens with one attached hydrogen (secondary N) is 1. The van der Waals surface area contributed by atoms with Crippen molar-refractivity contribution < 1.29 is 13.9 Å². The van der Waals surface area contributed by atoms with Crippen molar-refractivity contribution in [2.45, 2.75) is 12.1 Å². The van der Waals surface area contributed by atoms with Crippen LogP contribution in [0.3, 0.4) is 0 Å². The Kier molecular flexibility index (Phi) is 5.40. The predicted octanol–water partition coefficient (Wildman–Crippen LogP) is 6.13. The van der Waals surface area contributed by atoms with Gasteiger partial charge in [-0.2, -0.15) is 0 Å². The van der Waals surface area contributed by atoms with Gasteiger partial charge in [-0.25, -0.2) is 4.39 Å². The number of anilines is 1. The maximum Gasteiger partial charge on any atom is 0.174 e. The van der Waals surface area contributed by atoms with Gasteiger partial charge in [-0.3, -0.25) is 4.98 Å². The summed E-state index contributed by atoms with van der Waals surface area (Å²) in [7, 11) is 0. The van der Waals surface area contributed by atoms with Crippen molar-refractivity contribution in [3.8, 4) is 17.1 Å². The Labute approximate surface area is 197 Å². The summed E-state index contributed by atoms with van der Waals surface area (Å²) < 4.78 is 20.4. The fraction of sp³-hybridized carbons (Fsp3) is 0.0833. The van der Waals surface area contributed by atoms with Gasteiger partial charge in [0.1, 0.15) is 29.1 Å². The number of benzene rings is 2. The molecular weight excluding hydrogens is 493 g/mol. The van der Waals surface area contributed by atoms with E-state index in [1.807, 2.05) is 41.3 Å². The van der Waals surface area contributed by atoms with Gasteiger partial charge in [0, 0.05) is 16.2 Å². The lowest BCUT2D eigenvalue weighted by molar-refractivity contribution is 0.434. The van der Waals surface area contributed by atoms with Gasteiger partial charge < -0.3 is 19.7 Å². The first kappa shape index (κ1) is 20.7. The normalized spacial score (nSPS) is 18.1. The standard InChI is InChI=1S/C24H17BrFN3O2S/c25-16-13-14(26)8-9-15(16)20-10-11-21(31-20)23-22(17-5-3-4-12-27-17)28-24(32)29(23)18-6-1-2-7-19(18)30/h1-13,22-23,30H,(H,28,32)/t22-,23-/m0/s1. The van der Waals surface area contributed by atoms with Crippen molar-refractivity contribution in [1.29, 1.82) is 0 Å². The van der Waals surface area contributed by atoms with Crippen molar-refractivity contribution in [2.24, 2.45) is 0 Å². The van der Waals surface area contributed by atoms with Crippen LogP contribution < -0.4 is 10.2 Å². The third kappa shape index (κ3) is 3.65. The number of thiocarbonyl (C=S) groups is 1. The lowest BCUT2D eigenvalue weighted by Gasteiger charge is -2.26. The van der Waals surface area contributed by atoms with Gasteiger partial charge in [-0.1, -0.05) is 18.2 Å². The zero-order chi connectivity index (χ0) is 22.2. The van der Waals surface area contributed by atoms with Crippen LogP contribution in [-0.2, 0) is 0 Å². The van der Waals surface area contributed by atoms with Crippen molar-refractivity contribution in [1.82, 2.24) is 10.3 Å². The van der Waals surface area contributed by atoms with Crippen LogP contribution in [0.15, 0.2) is 87.9 Å². The fourth-order valence-corrected chi connectivity index (χ4v) is 4.80. The number of aromatic hydroxyl groups is 1. The Morgan fingerprint density at radius 2 is 1.88 bits per heavy atom. The molecule has 0 bridgehead atoms. The Hall–Kier alpha value is -3.23. The molecule has 5 rings (SSSR count). The Morgan fingerprint density at radius 1 is 1.06 bits per heavy atom. The SMILES string of the molecule is Oc1ccccc1N1C(=S)N[C@@H](c2ccccn2)[C@@H]1c1ccc(-c2ccc(F)cc2Br)o1. The summed E-state index contributed by atoms with van der Waals surface area (Å²) in [6, 6.07) is 20.1. The van der Waals surface area contributed by atoms with E-state index < -0.39 is 6.04 Å². The van der Waals surface area contributed by atoms with Crippen LogP contribution in [0, 0.1) is 5.82 Å². The maximum atomic E-state index is 13.6. The molecule has 0 aliphatic carbocycles. The van der Waals surface area contributed by atoms with Crippen LogP contribution in [0.25, 0.3) is 11.3 Å². The second-order valence-electron chi connectivity index (χ2n) is 7.31. The molecule has 1 aliphatic rings. The number of rotatable bonds is 4. The molecule has 5 nitrogen and oxygen atoms in total. The molecule has 32 heavy (non-hydrogen) atoms. The van der Waals surface area contributed by atoms with Crippen molar-refractivity contribution in [3.63, 3.8) is 0 Å². The summed E-state index contributed by atoms with van der Waals surface area (Å²) in [4.78, 5) is 6.35. The van der Waals surface area contributed by atoms with Crippen LogP contribution >= 0.6 is 28.1 Å². The third-order valence-electron chi connectivity index (χ3n) is 5.35. The molecular formula is C24H17BrFN3O2S. The number of hydrogen-bond acceptors (Lipinski definition) is 4. The third-order valence-corrected chi connectivity index (χ3v) is 6.32. The molecule has 0 amide bonds. The topological polar surface area (TPSA) is 61.5 Å². The van der Waals surface area contributed by atoms with Gasteiger partial charge in [0.05, 0.1) is 17.4 Å². The zero-order valence-electron chi connectivity index (χ0n) is 16.6. The molecule has 0 spiro atoms. The van der Waals surface area contributed by atoms with E-state index in [0.29, 0.717) is 26.8 Å². The van der Waals surface area contributed by atoms with E-state index in [2.05, 4.69) is 26.2 Å². The summed E-state index contributed by atoms with van der Waals surface area (Å²) in [6.07, 6.45) is 1.73. The largest absolute Gasteiger partial charge is 0.506 e. The molecule has 2 aromatic carbocycles. The molecule has 2 aromatic heterocycles. The first-order valence-corrected chi connectivity index (χ1v) is 11.1. The van der Waals surface area contributed by atoms with E-state index in [-0.39, 0.29) is 17.6 Å². The molecule has 1 aliphatic heterocycles. The lowest BCUT2D eigenvalue weighted by atomic mass is 10.0. The number of phenolic OH excluding ortho intramolecular Hbond substituents is 1. The quantitative estimate of drug-likeness (QED) is 0.323. The molecule has 4 aromatic rings. The Bertz CT molecular complexity index is 1300. The van der Waals surface area contributed by atoms with Crippen LogP contribution in [0.5, 0.6) is 5.75 Å². The van der Waals surface area contributed by atoms with Crippen LogP contribution in [0.2, 0.25) is 0 Å². The van der Waals surface area contributed by atoms with Gasteiger partial charge in [-0.05, 0) is 82.7 Å². The highest BCUT2D eigenvalue weighted by Crippen LogP contribution is 2.45. The summed E-state index contributed by atoms with van der Waals surface area (Å²) in [5.41, 5.74) is 2.09. The van der Waals surface area contributed by atoms with Gasteiger partial charge >= 0.3 is 0 Å². The summed E-state index contributed by atoms with van der Waals surface area (Å²) >= 11 is 9.06. The van der Waals surface area contributed by atoms with Gasteiger partial charge in [0.25, 0.3) is 0 Å². The second-order valence-corrected chi connectivity index (χ2v) is 8.55. The molecule has 1 saturated heterocycles. The number of phenols is 1. The van der Waals surface area contributed by atoms with E-state index in [0.717, 1.165) is 11.3 Å². The molecule has 0 unspecified atom stereocenters. The number of hydrogen-bond donors (Lipinski definition) is 2. The van der Waals surface area contributed by atoms with Crippen molar-refractivity contribution in [3.05, 3.63) is 101 Å². The lowest BCUT2D eigenvalue weighted by Crippen LogP contribution is -2.29. The highest BCUT2D eigenvalue weighted by atomic mass is 79.9. The fourth-order valence-electron chi connectivity index (χ4n) is 3.92. The minimum atomic E-state index is -0.404. The number of aromatic nitrogens is 1. The molecule has 8 heteroatoms. The van der Waals surface area contributed by atoms with E-state index in [1.54, 1.807) is 30.5 Å². The van der Waals surface area contributed by atoms with Crippen LogP contribution in [0.1, 0.15) is 23.5 Å². The first-order valence-electron chi connectivity index (χ1n) is 9.87.